The lowest BCUT2D eigenvalue weighted by molar-refractivity contribution is -0.123. The van der Waals surface area contributed by atoms with Crippen molar-refractivity contribution in [2.75, 3.05) is 19.8 Å². The minimum Gasteiger partial charge on any atom is -0.423 e. The standard InChI is InChI=1S/C67H102O12P2/c1-25-62(17,18)44-29-31-52(46(37-44)64(21,22)27-3)77-56(70)42-33-48(58(5,6)7)54(49(34-42)59(8,9)10)67(79-81(74)75,66(39-68,40-69)41-76-80(72)73)55-50(60(11,12)13)35-43(36-51(55)61(14,15)16)57(71)78-53-32-30-45(63(19,20)26-2)38-47(53)65(23,24)28-4/h29-38,68-69,72-75H,25-28,39-41H2,1-24H3. The summed E-state index contributed by atoms with van der Waals surface area (Å²) in [7, 11) is -6.62. The molecule has 0 atom stereocenters. The van der Waals surface area contributed by atoms with Crippen LogP contribution in [-0.2, 0) is 58.0 Å². The summed E-state index contributed by atoms with van der Waals surface area (Å²) in [4.78, 5) is 75.1. The minimum absolute atomic E-state index is 0.143. The minimum atomic E-state index is -3.48. The lowest BCUT2D eigenvalue weighted by Crippen LogP contribution is -2.58. The van der Waals surface area contributed by atoms with E-state index >= 15 is 9.59 Å². The SMILES string of the molecule is CCC(C)(C)c1ccc(OC(=O)c2cc(C(C)(C)C)c(C(OP(O)O)(c3c(C(C)(C)C)cc(C(=O)Oc4ccc(C(C)(C)CC)cc4C(C)(C)CC)cc3C(C)(C)C)C(CO)(CO)COP(O)O)c(C(C)(C)C)c2)c(C(C)(C)CC)c1. The third-order valence-corrected chi connectivity index (χ3v) is 18.4. The molecule has 14 heteroatoms. The Kier molecular flexibility index (Phi) is 21.7. The molecule has 0 bridgehead atoms. The molecule has 81 heavy (non-hydrogen) atoms. The van der Waals surface area contributed by atoms with E-state index in [2.05, 4.69) is 95.2 Å². The van der Waals surface area contributed by atoms with Gasteiger partial charge in [-0.2, -0.15) is 0 Å². The molecule has 0 heterocycles. The van der Waals surface area contributed by atoms with E-state index in [0.29, 0.717) is 33.8 Å². The van der Waals surface area contributed by atoms with Gasteiger partial charge in [0, 0.05) is 11.1 Å². The maximum Gasteiger partial charge on any atom is 0.343 e. The largest absolute Gasteiger partial charge is 0.423 e. The van der Waals surface area contributed by atoms with Gasteiger partial charge in [-0.15, -0.1) is 0 Å². The van der Waals surface area contributed by atoms with Crippen LogP contribution in [0.2, 0.25) is 0 Å². The molecule has 4 aromatic rings. The molecule has 452 valence electrons. The molecule has 0 saturated carbocycles. The van der Waals surface area contributed by atoms with Crippen LogP contribution in [0.1, 0.15) is 268 Å². The number of hydrogen-bond donors (Lipinski definition) is 6. The average molecular weight is 1160 g/mol. The van der Waals surface area contributed by atoms with Gasteiger partial charge < -0.3 is 43.8 Å². The van der Waals surface area contributed by atoms with E-state index in [1.165, 1.54) is 0 Å². The second-order valence-corrected chi connectivity index (χ2v) is 30.6. The summed E-state index contributed by atoms with van der Waals surface area (Å²) < 4.78 is 25.7. The van der Waals surface area contributed by atoms with E-state index in [0.717, 1.165) is 47.9 Å². The average Bonchev–Trinajstić information content (AvgIpc) is 3.36. The molecule has 0 radical (unpaired) electrons. The van der Waals surface area contributed by atoms with Crippen LogP contribution in [0.15, 0.2) is 60.7 Å². The van der Waals surface area contributed by atoms with Gasteiger partial charge in [0.05, 0.1) is 36.4 Å². The number of ether oxygens (including phenoxy) is 2. The Balaban J connectivity index is 2.38. The van der Waals surface area contributed by atoms with Crippen molar-refractivity contribution >= 4 is 29.1 Å². The molecule has 0 aliphatic heterocycles. The molecule has 4 aromatic carbocycles. The van der Waals surface area contributed by atoms with E-state index in [9.17, 15) is 29.8 Å². The fraction of sp³-hybridized carbons (Fsp3) is 0.612. The van der Waals surface area contributed by atoms with Crippen LogP contribution in [0.25, 0.3) is 0 Å². The summed E-state index contributed by atoms with van der Waals surface area (Å²) in [6, 6.07) is 18.9. The molecule has 0 saturated heterocycles. The van der Waals surface area contributed by atoms with Crippen LogP contribution in [0, 0.1) is 5.41 Å². The molecule has 12 nitrogen and oxygen atoms in total. The molecular formula is C67H102O12P2. The van der Waals surface area contributed by atoms with E-state index < -0.39 is 81.6 Å². The summed E-state index contributed by atoms with van der Waals surface area (Å²) in [5.41, 5.74) is -2.86. The highest BCUT2D eigenvalue weighted by molar-refractivity contribution is 7.39. The molecule has 0 amide bonds. The number of esters is 2. The Bertz CT molecular complexity index is 2620. The van der Waals surface area contributed by atoms with Crippen LogP contribution in [0.5, 0.6) is 11.5 Å². The number of benzene rings is 4. The van der Waals surface area contributed by atoms with Crippen LogP contribution >= 0.6 is 17.2 Å². The molecule has 0 unspecified atom stereocenters. The predicted octanol–water partition coefficient (Wildman–Crippen LogP) is 15.7. The first-order chi connectivity index (χ1) is 36.8. The first kappa shape index (κ1) is 69.9. The molecule has 6 N–H and O–H groups in total. The Morgan fingerprint density at radius 1 is 0.420 bits per heavy atom. The van der Waals surface area contributed by atoms with Gasteiger partial charge in [0.25, 0.3) is 0 Å². The highest BCUT2D eigenvalue weighted by Gasteiger charge is 2.62. The second-order valence-electron chi connectivity index (χ2n) is 29.2. The lowest BCUT2D eigenvalue weighted by Gasteiger charge is -2.54. The number of aliphatic hydroxyl groups is 2. The van der Waals surface area contributed by atoms with Crippen molar-refractivity contribution in [3.8, 4) is 11.5 Å². The Morgan fingerprint density at radius 2 is 0.716 bits per heavy atom. The molecule has 0 aliphatic carbocycles. The fourth-order valence-corrected chi connectivity index (χ4v) is 11.5. The maximum atomic E-state index is 15.2. The monoisotopic (exact) mass is 1160 g/mol. The van der Waals surface area contributed by atoms with Crippen LogP contribution < -0.4 is 9.47 Å². The Labute approximate surface area is 489 Å². The zero-order valence-corrected chi connectivity index (χ0v) is 55.5. The summed E-state index contributed by atoms with van der Waals surface area (Å²) in [5.74, 6) is -0.479. The number of aliphatic hydroxyl groups excluding tert-OH is 2. The molecule has 0 aliphatic rings. The van der Waals surface area contributed by atoms with Crippen molar-refractivity contribution in [3.63, 3.8) is 0 Å². The molecule has 0 fully saturated rings. The van der Waals surface area contributed by atoms with Crippen LogP contribution in [-0.4, -0.2) is 61.5 Å². The number of rotatable bonds is 22. The Hall–Kier alpha value is -3.64. The second kappa shape index (κ2) is 25.1. The summed E-state index contributed by atoms with van der Waals surface area (Å²) in [6.07, 6.45) is 3.32. The van der Waals surface area contributed by atoms with E-state index in [-0.39, 0.29) is 43.9 Å². The van der Waals surface area contributed by atoms with Gasteiger partial charge in [-0.3, -0.25) is 4.52 Å². The van der Waals surface area contributed by atoms with Crippen molar-refractivity contribution in [1.82, 2.24) is 0 Å². The highest BCUT2D eigenvalue weighted by Crippen LogP contribution is 2.62. The number of hydrogen-bond acceptors (Lipinski definition) is 12. The number of carbonyl (C=O) groups is 2. The topological polar surface area (TPSA) is 192 Å². The third-order valence-electron chi connectivity index (χ3n) is 17.6. The summed E-state index contributed by atoms with van der Waals surface area (Å²) >= 11 is 0. The normalized spacial score (nSPS) is 13.8. The smallest absolute Gasteiger partial charge is 0.343 e. The fourth-order valence-electron chi connectivity index (χ4n) is 10.5. The highest BCUT2D eigenvalue weighted by atomic mass is 31.2. The van der Waals surface area contributed by atoms with Crippen molar-refractivity contribution in [2.45, 2.75) is 241 Å². The van der Waals surface area contributed by atoms with E-state index in [4.69, 9.17) is 18.5 Å². The predicted molar refractivity (Wildman–Crippen MR) is 331 cm³/mol. The first-order valence-electron chi connectivity index (χ1n) is 28.9. The molecule has 0 aromatic heterocycles. The summed E-state index contributed by atoms with van der Waals surface area (Å²) in [5, 5.41) is 24.5. The van der Waals surface area contributed by atoms with Gasteiger partial charge in [0.1, 0.15) is 17.1 Å². The maximum absolute atomic E-state index is 15.2. The third kappa shape index (κ3) is 14.9. The first-order valence-corrected chi connectivity index (χ1v) is 31.2. The molecule has 0 spiro atoms. The number of carbonyl (C=O) groups excluding carboxylic acids is 2. The van der Waals surface area contributed by atoms with Gasteiger partial charge in [-0.05, 0) is 150 Å². The van der Waals surface area contributed by atoms with Crippen molar-refractivity contribution in [3.05, 3.63) is 127 Å². The van der Waals surface area contributed by atoms with Gasteiger partial charge >= 0.3 is 29.1 Å². The molecular weight excluding hydrogens is 1060 g/mol. The van der Waals surface area contributed by atoms with Crippen LogP contribution in [0.3, 0.4) is 0 Å². The quantitative estimate of drug-likeness (QED) is 0.0248. The zero-order valence-electron chi connectivity index (χ0n) is 53.8. The van der Waals surface area contributed by atoms with Crippen LogP contribution in [0.4, 0.5) is 0 Å². The van der Waals surface area contributed by atoms with E-state index in [1.807, 2.05) is 107 Å². The van der Waals surface area contributed by atoms with Gasteiger partial charge in [-0.25, -0.2) is 9.59 Å². The molecule has 4 rings (SSSR count). The van der Waals surface area contributed by atoms with Crippen molar-refractivity contribution < 1.29 is 57.9 Å². The zero-order chi connectivity index (χ0) is 62.2. The van der Waals surface area contributed by atoms with Gasteiger partial charge in [-0.1, -0.05) is 190 Å². The van der Waals surface area contributed by atoms with Gasteiger partial charge in [0.15, 0.2) is 0 Å². The van der Waals surface area contributed by atoms with Crippen molar-refractivity contribution in [1.29, 1.82) is 0 Å². The summed E-state index contributed by atoms with van der Waals surface area (Å²) in [6.45, 7) is 46.2. The van der Waals surface area contributed by atoms with E-state index in [1.54, 1.807) is 24.3 Å². The Morgan fingerprint density at radius 3 is 0.951 bits per heavy atom. The lowest BCUT2D eigenvalue weighted by atomic mass is 9.56. The van der Waals surface area contributed by atoms with Gasteiger partial charge in [0.2, 0.25) is 0 Å². The van der Waals surface area contributed by atoms with Crippen molar-refractivity contribution in [2.24, 2.45) is 5.41 Å².